The maximum Gasteiger partial charge on any atom is 0.211 e. The van der Waals surface area contributed by atoms with Crippen molar-refractivity contribution >= 4 is 20.0 Å². The van der Waals surface area contributed by atoms with Crippen LogP contribution in [0.2, 0.25) is 0 Å². The van der Waals surface area contributed by atoms with Crippen LogP contribution in [-0.4, -0.2) is 71.3 Å². The SMILES string of the molecule is CCO[C@@H](CCC(O)NS(C)(=O)=O)CN(C)S(C)(=O)=O. The van der Waals surface area contributed by atoms with Crippen molar-refractivity contribution in [3.05, 3.63) is 0 Å². The van der Waals surface area contributed by atoms with Crippen molar-refractivity contribution in [1.82, 2.24) is 9.03 Å². The lowest BCUT2D eigenvalue weighted by atomic mass is 10.2. The van der Waals surface area contributed by atoms with Crippen LogP contribution in [0.4, 0.5) is 0 Å². The van der Waals surface area contributed by atoms with E-state index in [0.717, 1.165) is 16.8 Å². The molecule has 0 saturated heterocycles. The predicted octanol–water partition coefficient (Wildman–Crippen LogP) is -1.07. The summed E-state index contributed by atoms with van der Waals surface area (Å²) in [4.78, 5) is 0. The number of sulfonamides is 2. The first kappa shape index (κ1) is 19.7. The van der Waals surface area contributed by atoms with Crippen LogP contribution in [0.5, 0.6) is 0 Å². The van der Waals surface area contributed by atoms with Crippen LogP contribution in [0.15, 0.2) is 0 Å². The number of rotatable bonds is 10. The minimum Gasteiger partial charge on any atom is -0.378 e. The van der Waals surface area contributed by atoms with Crippen molar-refractivity contribution in [3.8, 4) is 0 Å². The fourth-order valence-electron chi connectivity index (χ4n) is 1.53. The molecule has 0 aliphatic carbocycles. The molecule has 0 aromatic carbocycles. The largest absolute Gasteiger partial charge is 0.378 e. The molecule has 2 N–H and O–H groups in total. The van der Waals surface area contributed by atoms with Gasteiger partial charge in [-0.25, -0.2) is 21.1 Å². The van der Waals surface area contributed by atoms with E-state index < -0.39 is 32.4 Å². The van der Waals surface area contributed by atoms with E-state index in [1.54, 1.807) is 6.92 Å². The van der Waals surface area contributed by atoms with E-state index >= 15 is 0 Å². The molecule has 8 nitrogen and oxygen atoms in total. The van der Waals surface area contributed by atoms with E-state index in [-0.39, 0.29) is 13.0 Å². The van der Waals surface area contributed by atoms with Crippen LogP contribution in [0.3, 0.4) is 0 Å². The second-order valence-electron chi connectivity index (χ2n) is 4.60. The summed E-state index contributed by atoms with van der Waals surface area (Å²) in [6.07, 6.45) is 0.892. The van der Waals surface area contributed by atoms with Crippen molar-refractivity contribution in [2.24, 2.45) is 0 Å². The lowest BCUT2D eigenvalue weighted by Crippen LogP contribution is -2.38. The molecule has 122 valence electrons. The third-order valence-electron chi connectivity index (χ3n) is 2.54. The van der Waals surface area contributed by atoms with Gasteiger partial charge in [-0.2, -0.15) is 4.72 Å². The fraction of sp³-hybridized carbons (Fsp3) is 1.00. The Bertz CT molecular complexity index is 476. The van der Waals surface area contributed by atoms with E-state index in [4.69, 9.17) is 4.74 Å². The summed E-state index contributed by atoms with van der Waals surface area (Å²) in [6.45, 7) is 2.33. The Morgan fingerprint density at radius 3 is 2.15 bits per heavy atom. The van der Waals surface area contributed by atoms with E-state index in [0.29, 0.717) is 13.0 Å². The Labute approximate surface area is 121 Å². The first-order valence-corrected chi connectivity index (χ1v) is 9.88. The molecule has 0 aliphatic rings. The molecule has 0 fully saturated rings. The Balaban J connectivity index is 4.42. The van der Waals surface area contributed by atoms with E-state index in [9.17, 15) is 21.9 Å². The number of nitrogens with zero attached hydrogens (tertiary/aromatic N) is 1. The number of aliphatic hydroxyl groups excluding tert-OH is 1. The first-order chi connectivity index (χ1) is 8.95. The minimum atomic E-state index is -3.48. The van der Waals surface area contributed by atoms with Crippen molar-refractivity contribution in [2.45, 2.75) is 32.1 Å². The Hall–Kier alpha value is -0.260. The lowest BCUT2D eigenvalue weighted by molar-refractivity contribution is 0.0328. The molecular formula is C10H24N2O6S2. The molecule has 0 aromatic heterocycles. The monoisotopic (exact) mass is 332 g/mol. The molecule has 0 saturated carbocycles. The zero-order chi connectivity index (χ0) is 16.0. The summed E-state index contributed by atoms with van der Waals surface area (Å²) < 4.78 is 53.1. The number of nitrogens with one attached hydrogen (secondary N) is 1. The van der Waals surface area contributed by atoms with Crippen molar-refractivity contribution in [1.29, 1.82) is 0 Å². The number of ether oxygens (including phenoxy) is 1. The summed E-state index contributed by atoms with van der Waals surface area (Å²) in [6, 6.07) is 0. The Kier molecular flexibility index (Phi) is 8.14. The van der Waals surface area contributed by atoms with Gasteiger partial charge in [0.05, 0.1) is 18.6 Å². The van der Waals surface area contributed by atoms with E-state index in [1.807, 2.05) is 4.72 Å². The smallest absolute Gasteiger partial charge is 0.211 e. The average Bonchev–Trinajstić information content (AvgIpc) is 2.22. The van der Waals surface area contributed by atoms with Crippen LogP contribution in [0, 0.1) is 0 Å². The summed E-state index contributed by atoms with van der Waals surface area (Å²) in [7, 11) is -5.34. The topological polar surface area (TPSA) is 113 Å². The van der Waals surface area contributed by atoms with Crippen LogP contribution in [0.1, 0.15) is 19.8 Å². The van der Waals surface area contributed by atoms with Gasteiger partial charge < -0.3 is 9.84 Å². The van der Waals surface area contributed by atoms with Gasteiger partial charge in [0.15, 0.2) is 0 Å². The molecule has 0 radical (unpaired) electrons. The highest BCUT2D eigenvalue weighted by atomic mass is 32.2. The van der Waals surface area contributed by atoms with Crippen molar-refractivity contribution in [2.75, 3.05) is 32.7 Å². The molecule has 10 heteroatoms. The lowest BCUT2D eigenvalue weighted by Gasteiger charge is -2.23. The van der Waals surface area contributed by atoms with E-state index in [1.165, 1.54) is 7.05 Å². The molecule has 1 unspecified atom stereocenters. The van der Waals surface area contributed by atoms with E-state index in [2.05, 4.69) is 0 Å². The maximum absolute atomic E-state index is 11.3. The standard InChI is InChI=1S/C10H24N2O6S2/c1-5-18-9(8-12(2)20(4,16)17)6-7-10(13)11-19(3,14)15/h9-11,13H,5-8H2,1-4H3/t9-,10?/m0/s1. The van der Waals surface area contributed by atoms with Gasteiger partial charge in [-0.15, -0.1) is 0 Å². The number of aliphatic hydroxyl groups is 1. The summed E-state index contributed by atoms with van der Waals surface area (Å²) in [5.74, 6) is 0. The van der Waals surface area contributed by atoms with Crippen LogP contribution >= 0.6 is 0 Å². The van der Waals surface area contributed by atoms with Gasteiger partial charge in [0.1, 0.15) is 6.23 Å². The summed E-state index contributed by atoms with van der Waals surface area (Å²) in [5, 5.41) is 9.52. The van der Waals surface area contributed by atoms with Crippen molar-refractivity contribution < 1.29 is 26.7 Å². The highest BCUT2D eigenvalue weighted by Crippen LogP contribution is 2.08. The highest BCUT2D eigenvalue weighted by Gasteiger charge is 2.20. The third kappa shape index (κ3) is 9.61. The van der Waals surface area contributed by atoms with Gasteiger partial charge >= 0.3 is 0 Å². The normalized spacial score (nSPS) is 16.3. The van der Waals surface area contributed by atoms with Crippen LogP contribution in [0.25, 0.3) is 0 Å². The quantitative estimate of drug-likeness (QED) is 0.493. The molecule has 0 bridgehead atoms. The number of hydrogen-bond donors (Lipinski definition) is 2. The fourth-order valence-corrected chi connectivity index (χ4v) is 2.58. The van der Waals surface area contributed by atoms with Gasteiger partial charge in [-0.05, 0) is 19.8 Å². The molecule has 0 heterocycles. The highest BCUT2D eigenvalue weighted by molar-refractivity contribution is 7.88. The third-order valence-corrected chi connectivity index (χ3v) is 4.52. The van der Waals surface area contributed by atoms with Gasteiger partial charge in [0, 0.05) is 20.2 Å². The number of likely N-dealkylation sites (N-methyl/N-ethyl adjacent to an activating group) is 1. The van der Waals surface area contributed by atoms with Gasteiger partial charge in [-0.1, -0.05) is 0 Å². The van der Waals surface area contributed by atoms with Gasteiger partial charge in [-0.3, -0.25) is 0 Å². The zero-order valence-corrected chi connectivity index (χ0v) is 13.9. The van der Waals surface area contributed by atoms with Crippen LogP contribution in [-0.2, 0) is 24.8 Å². The predicted molar refractivity (Wildman–Crippen MR) is 76.1 cm³/mol. The second kappa shape index (κ2) is 8.25. The zero-order valence-electron chi connectivity index (χ0n) is 12.2. The average molecular weight is 332 g/mol. The molecule has 0 aromatic rings. The molecule has 0 spiro atoms. The summed E-state index contributed by atoms with van der Waals surface area (Å²) >= 11 is 0. The molecule has 0 aliphatic heterocycles. The van der Waals surface area contributed by atoms with Gasteiger partial charge in [0.25, 0.3) is 0 Å². The van der Waals surface area contributed by atoms with Crippen molar-refractivity contribution in [3.63, 3.8) is 0 Å². The van der Waals surface area contributed by atoms with Crippen LogP contribution < -0.4 is 4.72 Å². The van der Waals surface area contributed by atoms with Gasteiger partial charge in [0.2, 0.25) is 20.0 Å². The first-order valence-electron chi connectivity index (χ1n) is 6.14. The molecule has 20 heavy (non-hydrogen) atoms. The molecule has 2 atom stereocenters. The molecule has 0 rings (SSSR count). The number of hydrogen-bond acceptors (Lipinski definition) is 6. The Morgan fingerprint density at radius 1 is 1.20 bits per heavy atom. The molecule has 0 amide bonds. The molecular weight excluding hydrogens is 308 g/mol. The summed E-state index contributed by atoms with van der Waals surface area (Å²) in [5.41, 5.74) is 0. The second-order valence-corrected chi connectivity index (χ2v) is 8.47. The minimum absolute atomic E-state index is 0.134. The Morgan fingerprint density at radius 2 is 1.75 bits per heavy atom. The maximum atomic E-state index is 11.3.